The van der Waals surface area contributed by atoms with Crippen LogP contribution < -0.4 is 13.8 Å². The molecule has 0 saturated heterocycles. The fourth-order valence-electron chi connectivity index (χ4n) is 3.99. The highest BCUT2D eigenvalue weighted by Crippen LogP contribution is 2.41. The minimum atomic E-state index is -3.84. The molecule has 4 aromatic rings. The van der Waals surface area contributed by atoms with E-state index in [-0.39, 0.29) is 57.9 Å². The number of anilines is 1. The van der Waals surface area contributed by atoms with Gasteiger partial charge >= 0.3 is 5.97 Å². The molecule has 0 radical (unpaired) electrons. The first-order chi connectivity index (χ1) is 18.4. The second-order valence-corrected chi connectivity index (χ2v) is 10.8. The molecule has 1 aromatic heterocycles. The maximum atomic E-state index is 14.0. The van der Waals surface area contributed by atoms with Crippen LogP contribution in [0.2, 0.25) is 0 Å². The number of hydrogen-bond acceptors (Lipinski definition) is 7. The number of sulfonamides is 1. The summed E-state index contributed by atoms with van der Waals surface area (Å²) < 4.78 is 70.2. The normalized spacial score (nSPS) is 11.7. The molecule has 0 amide bonds. The molecule has 0 aliphatic carbocycles. The van der Waals surface area contributed by atoms with Gasteiger partial charge in [-0.2, -0.15) is 0 Å². The van der Waals surface area contributed by atoms with Gasteiger partial charge in [0, 0.05) is 23.1 Å². The molecular formula is C27H25F2NO8S. The van der Waals surface area contributed by atoms with Crippen molar-refractivity contribution in [3.8, 4) is 28.6 Å². The first-order valence-electron chi connectivity index (χ1n) is 11.7. The van der Waals surface area contributed by atoms with Crippen molar-refractivity contribution < 1.29 is 46.1 Å². The number of nitrogens with zero attached hydrogens (tertiary/aromatic N) is 1. The predicted molar refractivity (Wildman–Crippen MR) is 140 cm³/mol. The minimum absolute atomic E-state index is 0.0160. The fraction of sp³-hybridized carbons (Fsp3) is 0.222. The number of ether oxygens (including phenoxy) is 2. The van der Waals surface area contributed by atoms with E-state index in [0.717, 1.165) is 22.7 Å². The van der Waals surface area contributed by atoms with Crippen LogP contribution in [0.25, 0.3) is 22.3 Å². The van der Waals surface area contributed by atoms with Crippen LogP contribution in [0.1, 0.15) is 24.2 Å². The van der Waals surface area contributed by atoms with Gasteiger partial charge in [-0.3, -0.25) is 4.31 Å². The summed E-state index contributed by atoms with van der Waals surface area (Å²) in [5, 5.41) is 19.7. The summed E-state index contributed by atoms with van der Waals surface area (Å²) in [4.78, 5) is 12.3. The smallest absolute Gasteiger partial charge is 0.340 e. The molecular weight excluding hydrogens is 536 g/mol. The topological polar surface area (TPSA) is 127 Å². The van der Waals surface area contributed by atoms with Gasteiger partial charge in [0.05, 0.1) is 31.2 Å². The number of aliphatic hydroxyl groups is 1. The number of furan rings is 1. The molecule has 0 saturated carbocycles. The standard InChI is InChI=1S/C27H25F2NO8S/c1-15(2)36-24-13-19-23(14-21(24)30(10-11-31)39(3,34)35)38-26(25(19)27(32)33)16-4-7-18(8-5-16)37-22-9-6-17(28)12-20(22)29/h4-9,12-15,31H,10-11H2,1-3H3,(H,32,33). The van der Waals surface area contributed by atoms with E-state index in [9.17, 15) is 32.2 Å². The van der Waals surface area contributed by atoms with Gasteiger partial charge in [-0.25, -0.2) is 22.0 Å². The Morgan fingerprint density at radius 2 is 1.74 bits per heavy atom. The molecule has 0 aliphatic heterocycles. The average molecular weight is 562 g/mol. The van der Waals surface area contributed by atoms with Crippen molar-refractivity contribution in [3.63, 3.8) is 0 Å². The molecule has 3 aromatic carbocycles. The van der Waals surface area contributed by atoms with Gasteiger partial charge in [0.15, 0.2) is 11.6 Å². The monoisotopic (exact) mass is 561 g/mol. The molecule has 0 atom stereocenters. The summed E-state index contributed by atoms with van der Waals surface area (Å²) in [5.41, 5.74) is 0.319. The molecule has 12 heteroatoms. The largest absolute Gasteiger partial charge is 0.489 e. The SMILES string of the molecule is CC(C)Oc1cc2c(C(=O)O)c(-c3ccc(Oc4ccc(F)cc4F)cc3)oc2cc1N(CCO)S(C)(=O)=O. The zero-order valence-corrected chi connectivity index (χ0v) is 22.0. The summed E-state index contributed by atoms with van der Waals surface area (Å²) in [6.07, 6.45) is 0.596. The van der Waals surface area contributed by atoms with Gasteiger partial charge in [0.25, 0.3) is 0 Å². The lowest BCUT2D eigenvalue weighted by Gasteiger charge is -2.24. The van der Waals surface area contributed by atoms with Gasteiger partial charge in [-0.05, 0) is 56.3 Å². The van der Waals surface area contributed by atoms with Crippen molar-refractivity contribution in [2.75, 3.05) is 23.7 Å². The van der Waals surface area contributed by atoms with Gasteiger partial charge in [0.2, 0.25) is 10.0 Å². The van der Waals surface area contributed by atoms with Crippen LogP contribution in [0.15, 0.2) is 59.0 Å². The Morgan fingerprint density at radius 3 is 2.31 bits per heavy atom. The van der Waals surface area contributed by atoms with E-state index in [0.29, 0.717) is 11.6 Å². The first-order valence-corrected chi connectivity index (χ1v) is 13.6. The van der Waals surface area contributed by atoms with Crippen LogP contribution in [0.4, 0.5) is 14.5 Å². The van der Waals surface area contributed by atoms with Crippen LogP contribution in [0.5, 0.6) is 17.2 Å². The minimum Gasteiger partial charge on any atom is -0.489 e. The molecule has 1 heterocycles. The number of aromatic carboxylic acids is 1. The highest BCUT2D eigenvalue weighted by molar-refractivity contribution is 7.92. The molecule has 0 aliphatic rings. The second kappa shape index (κ2) is 10.9. The molecule has 9 nitrogen and oxygen atoms in total. The van der Waals surface area contributed by atoms with E-state index in [1.807, 2.05) is 0 Å². The van der Waals surface area contributed by atoms with Crippen molar-refractivity contribution in [1.82, 2.24) is 0 Å². The van der Waals surface area contributed by atoms with Gasteiger partial charge < -0.3 is 24.1 Å². The quantitative estimate of drug-likeness (QED) is 0.263. The lowest BCUT2D eigenvalue weighted by molar-refractivity contribution is 0.0699. The van der Waals surface area contributed by atoms with Crippen molar-refractivity contribution in [3.05, 3.63) is 71.8 Å². The van der Waals surface area contributed by atoms with Crippen molar-refractivity contribution >= 4 is 32.6 Å². The maximum absolute atomic E-state index is 14.0. The first kappa shape index (κ1) is 27.9. The van der Waals surface area contributed by atoms with E-state index in [4.69, 9.17) is 13.9 Å². The van der Waals surface area contributed by atoms with E-state index >= 15 is 0 Å². The summed E-state index contributed by atoms with van der Waals surface area (Å²) in [5.74, 6) is -2.83. The third kappa shape index (κ3) is 5.96. The Kier molecular flexibility index (Phi) is 7.79. The van der Waals surface area contributed by atoms with Gasteiger partial charge in [-0.1, -0.05) is 0 Å². The average Bonchev–Trinajstić information content (AvgIpc) is 3.22. The summed E-state index contributed by atoms with van der Waals surface area (Å²) >= 11 is 0. The molecule has 0 unspecified atom stereocenters. The van der Waals surface area contributed by atoms with E-state index in [2.05, 4.69) is 0 Å². The van der Waals surface area contributed by atoms with Crippen molar-refractivity contribution in [1.29, 1.82) is 0 Å². The molecule has 4 rings (SSSR count). The Bertz CT molecular complexity index is 1630. The third-order valence-electron chi connectivity index (χ3n) is 5.56. The second-order valence-electron chi connectivity index (χ2n) is 8.85. The summed E-state index contributed by atoms with van der Waals surface area (Å²) in [6, 6.07) is 11.6. The molecule has 206 valence electrons. The van der Waals surface area contributed by atoms with Crippen molar-refractivity contribution in [2.24, 2.45) is 0 Å². The van der Waals surface area contributed by atoms with Crippen LogP contribution in [0, 0.1) is 11.6 Å². The summed E-state index contributed by atoms with van der Waals surface area (Å²) in [6.45, 7) is 2.73. The fourth-order valence-corrected chi connectivity index (χ4v) is 4.90. The molecule has 0 fully saturated rings. The Hall–Kier alpha value is -4.16. The van der Waals surface area contributed by atoms with E-state index < -0.39 is 34.2 Å². The van der Waals surface area contributed by atoms with Crippen LogP contribution in [-0.2, 0) is 10.0 Å². The number of hydrogen-bond donors (Lipinski definition) is 2. The molecule has 2 N–H and O–H groups in total. The lowest BCUT2D eigenvalue weighted by atomic mass is 10.0. The number of fused-ring (bicyclic) bond motifs is 1. The van der Waals surface area contributed by atoms with E-state index in [1.165, 1.54) is 36.4 Å². The zero-order chi connectivity index (χ0) is 28.5. The van der Waals surface area contributed by atoms with Crippen molar-refractivity contribution in [2.45, 2.75) is 20.0 Å². The maximum Gasteiger partial charge on any atom is 0.340 e. The predicted octanol–water partition coefficient (Wildman–Crippen LogP) is 5.41. The highest BCUT2D eigenvalue weighted by Gasteiger charge is 2.28. The number of halogens is 2. The van der Waals surface area contributed by atoms with Gasteiger partial charge in [-0.15, -0.1) is 0 Å². The molecule has 0 bridgehead atoms. The van der Waals surface area contributed by atoms with E-state index in [1.54, 1.807) is 13.8 Å². The number of aliphatic hydroxyl groups excluding tert-OH is 1. The Morgan fingerprint density at radius 1 is 1.05 bits per heavy atom. The number of benzene rings is 3. The number of carboxylic acids is 1. The molecule has 39 heavy (non-hydrogen) atoms. The number of rotatable bonds is 10. The van der Waals surface area contributed by atoms with Gasteiger partial charge in [0.1, 0.15) is 34.2 Å². The zero-order valence-electron chi connectivity index (χ0n) is 21.1. The highest BCUT2D eigenvalue weighted by atomic mass is 32.2. The number of carboxylic acid groups (broad SMARTS) is 1. The third-order valence-corrected chi connectivity index (χ3v) is 6.74. The van der Waals surface area contributed by atoms with Crippen LogP contribution in [-0.4, -0.2) is 50.1 Å². The molecule has 0 spiro atoms. The Balaban J connectivity index is 1.82. The lowest BCUT2D eigenvalue weighted by Crippen LogP contribution is -2.33. The Labute approximate surface area is 222 Å². The van der Waals surface area contributed by atoms with Crippen LogP contribution in [0.3, 0.4) is 0 Å². The van der Waals surface area contributed by atoms with Crippen LogP contribution >= 0.6 is 0 Å². The summed E-state index contributed by atoms with van der Waals surface area (Å²) in [7, 11) is -3.84. The number of carbonyl (C=O) groups is 1.